The fourth-order valence-electron chi connectivity index (χ4n) is 4.55. The van der Waals surface area contributed by atoms with Crippen LogP contribution < -0.4 is 11.1 Å². The van der Waals surface area contributed by atoms with Gasteiger partial charge in [-0.15, -0.1) is 0 Å². The van der Waals surface area contributed by atoms with Crippen molar-refractivity contribution in [2.24, 2.45) is 28.5 Å². The highest BCUT2D eigenvalue weighted by atomic mass is 16.1. The number of unbranched alkanes of at least 4 members (excludes halogenated alkanes) is 2. The van der Waals surface area contributed by atoms with Gasteiger partial charge < -0.3 is 11.1 Å². The van der Waals surface area contributed by atoms with E-state index >= 15 is 0 Å². The van der Waals surface area contributed by atoms with Crippen LogP contribution in [-0.4, -0.2) is 24.8 Å². The van der Waals surface area contributed by atoms with Crippen molar-refractivity contribution in [3.63, 3.8) is 0 Å². The van der Waals surface area contributed by atoms with Gasteiger partial charge in [0.15, 0.2) is 0 Å². The second kappa shape index (κ2) is 17.1. The zero-order valence-corrected chi connectivity index (χ0v) is 22.7. The maximum absolute atomic E-state index is 11.6. The van der Waals surface area contributed by atoms with Crippen molar-refractivity contribution < 1.29 is 4.79 Å². The van der Waals surface area contributed by atoms with Crippen LogP contribution in [0.2, 0.25) is 0 Å². The van der Waals surface area contributed by atoms with Gasteiger partial charge in [-0.05, 0) is 76.2 Å². The Kier molecular flexibility index (Phi) is 16.3. The summed E-state index contributed by atoms with van der Waals surface area (Å²) >= 11 is 0. The van der Waals surface area contributed by atoms with Crippen molar-refractivity contribution in [1.82, 2.24) is 5.32 Å². The molecular formula is C28H53N3O. The average Bonchev–Trinajstić information content (AvgIpc) is 2.76. The number of amidine groups is 1. The molecule has 3 N–H and O–H groups in total. The van der Waals surface area contributed by atoms with Gasteiger partial charge in [-0.25, -0.2) is 0 Å². The van der Waals surface area contributed by atoms with Crippen LogP contribution in [0.4, 0.5) is 0 Å². The fraction of sp³-hybridized carbons (Fsp3) is 0.786. The lowest BCUT2D eigenvalue weighted by Gasteiger charge is -2.30. The molecule has 0 aromatic heterocycles. The molecule has 4 unspecified atom stereocenters. The van der Waals surface area contributed by atoms with Gasteiger partial charge in [-0.3, -0.25) is 9.79 Å². The molecule has 0 radical (unpaired) electrons. The Balaban J connectivity index is 5.45. The normalized spacial score (nSPS) is 17.4. The monoisotopic (exact) mass is 447 g/mol. The molecular weight excluding hydrogens is 394 g/mol. The lowest BCUT2D eigenvalue weighted by atomic mass is 9.75. The number of nitrogens with zero attached hydrogens (tertiary/aromatic N) is 1. The number of carbonyl (C=O) groups is 1. The number of amides is 1. The fourth-order valence-corrected chi connectivity index (χ4v) is 4.55. The van der Waals surface area contributed by atoms with Crippen molar-refractivity contribution in [3.05, 3.63) is 22.8 Å². The molecule has 0 fully saturated rings. The van der Waals surface area contributed by atoms with E-state index in [1.807, 2.05) is 6.92 Å². The van der Waals surface area contributed by atoms with Crippen LogP contribution in [0.25, 0.3) is 0 Å². The van der Waals surface area contributed by atoms with Crippen molar-refractivity contribution in [2.45, 2.75) is 119 Å². The van der Waals surface area contributed by atoms with Gasteiger partial charge >= 0.3 is 0 Å². The van der Waals surface area contributed by atoms with Gasteiger partial charge in [0, 0.05) is 20.0 Å². The summed E-state index contributed by atoms with van der Waals surface area (Å²) in [6.45, 7) is 17.4. The standard InChI is InChI=1S/C28H53N3O/c1-10-20(4)23(7)27(17-15-13-14-16-22(6)29)19-25(11-2)21(5)18-26(12-3)28(30-9)31-24(8)32/h12,20,22-23,27H,10-11,13-19,29H2,1-9H3,(H,30,31,32). The van der Waals surface area contributed by atoms with Crippen LogP contribution in [0, 0.1) is 17.8 Å². The van der Waals surface area contributed by atoms with Crippen LogP contribution in [0.3, 0.4) is 0 Å². The quantitative estimate of drug-likeness (QED) is 0.121. The van der Waals surface area contributed by atoms with E-state index < -0.39 is 0 Å². The van der Waals surface area contributed by atoms with Crippen molar-refractivity contribution in [3.8, 4) is 0 Å². The molecule has 0 saturated carbocycles. The minimum absolute atomic E-state index is 0.0752. The van der Waals surface area contributed by atoms with Crippen molar-refractivity contribution in [2.75, 3.05) is 7.05 Å². The van der Waals surface area contributed by atoms with Crippen LogP contribution in [-0.2, 0) is 4.79 Å². The number of rotatable bonds is 15. The predicted molar refractivity (Wildman–Crippen MR) is 142 cm³/mol. The van der Waals surface area contributed by atoms with Gasteiger partial charge in [0.1, 0.15) is 5.84 Å². The first-order valence-corrected chi connectivity index (χ1v) is 12.9. The highest BCUT2D eigenvalue weighted by molar-refractivity contribution is 6.07. The Morgan fingerprint density at radius 3 is 2.16 bits per heavy atom. The summed E-state index contributed by atoms with van der Waals surface area (Å²) in [5.74, 6) is 2.79. The Bertz CT molecular complexity index is 631. The summed E-state index contributed by atoms with van der Waals surface area (Å²) in [4.78, 5) is 15.9. The van der Waals surface area contributed by atoms with Crippen molar-refractivity contribution in [1.29, 1.82) is 0 Å². The molecule has 186 valence electrons. The summed E-state index contributed by atoms with van der Waals surface area (Å²) in [6.07, 6.45) is 12.7. The Hall–Kier alpha value is -1.42. The molecule has 4 nitrogen and oxygen atoms in total. The number of nitrogens with two attached hydrogens (primary N) is 1. The third kappa shape index (κ3) is 12.0. The van der Waals surface area contributed by atoms with Gasteiger partial charge in [0.2, 0.25) is 5.91 Å². The molecule has 0 saturated heterocycles. The van der Waals surface area contributed by atoms with Gasteiger partial charge in [-0.1, -0.05) is 70.6 Å². The summed E-state index contributed by atoms with van der Waals surface area (Å²) < 4.78 is 0. The summed E-state index contributed by atoms with van der Waals surface area (Å²) in [5.41, 5.74) is 10.0. The molecule has 0 heterocycles. The zero-order chi connectivity index (χ0) is 24.7. The van der Waals surface area contributed by atoms with Gasteiger partial charge in [-0.2, -0.15) is 0 Å². The first-order chi connectivity index (χ1) is 15.1. The van der Waals surface area contributed by atoms with E-state index in [4.69, 9.17) is 5.73 Å². The first-order valence-electron chi connectivity index (χ1n) is 12.9. The number of carbonyl (C=O) groups excluding carboxylic acids is 1. The third-order valence-electron chi connectivity index (χ3n) is 7.18. The largest absolute Gasteiger partial charge is 0.328 e. The number of allylic oxidation sites excluding steroid dienone is 3. The Morgan fingerprint density at radius 2 is 1.69 bits per heavy atom. The first kappa shape index (κ1) is 30.6. The van der Waals surface area contributed by atoms with Crippen LogP contribution in [0.1, 0.15) is 113 Å². The van der Waals surface area contributed by atoms with Gasteiger partial charge in [0.25, 0.3) is 0 Å². The molecule has 0 rings (SSSR count). The smallest absolute Gasteiger partial charge is 0.222 e. The number of aliphatic imine (C=N–C) groups is 1. The highest BCUT2D eigenvalue weighted by Gasteiger charge is 2.23. The topological polar surface area (TPSA) is 67.5 Å². The van der Waals surface area contributed by atoms with Crippen LogP contribution in [0.5, 0.6) is 0 Å². The second-order valence-corrected chi connectivity index (χ2v) is 9.81. The zero-order valence-electron chi connectivity index (χ0n) is 22.7. The molecule has 0 aliphatic carbocycles. The van der Waals surface area contributed by atoms with Crippen LogP contribution >= 0.6 is 0 Å². The minimum atomic E-state index is -0.0752. The van der Waals surface area contributed by atoms with E-state index in [2.05, 4.69) is 57.9 Å². The van der Waals surface area contributed by atoms with Gasteiger partial charge in [0.05, 0.1) is 0 Å². The third-order valence-corrected chi connectivity index (χ3v) is 7.18. The van der Waals surface area contributed by atoms with E-state index in [0.717, 1.165) is 36.7 Å². The molecule has 0 aromatic carbocycles. The molecule has 0 bridgehead atoms. The molecule has 0 aliphatic rings. The predicted octanol–water partition coefficient (Wildman–Crippen LogP) is 7.20. The highest BCUT2D eigenvalue weighted by Crippen LogP contribution is 2.35. The number of hydrogen-bond donors (Lipinski definition) is 2. The molecule has 32 heavy (non-hydrogen) atoms. The maximum atomic E-state index is 11.6. The molecule has 0 aromatic rings. The molecule has 1 amide bonds. The number of nitrogens with one attached hydrogen (secondary N) is 1. The van der Waals surface area contributed by atoms with Crippen molar-refractivity contribution >= 4 is 11.7 Å². The van der Waals surface area contributed by atoms with E-state index in [-0.39, 0.29) is 5.91 Å². The lowest BCUT2D eigenvalue weighted by Crippen LogP contribution is -2.29. The lowest BCUT2D eigenvalue weighted by molar-refractivity contribution is -0.117. The van der Waals surface area contributed by atoms with E-state index in [1.165, 1.54) is 51.0 Å². The Labute approximate surface area is 199 Å². The molecule has 4 heteroatoms. The summed E-state index contributed by atoms with van der Waals surface area (Å²) in [7, 11) is 1.74. The SMILES string of the molecule is CC=C(CC(C)=C(CC)CC(CCCCCC(C)N)C(C)C(C)CC)C(=NC)NC(C)=O. The summed E-state index contributed by atoms with van der Waals surface area (Å²) in [5, 5.41) is 2.88. The summed E-state index contributed by atoms with van der Waals surface area (Å²) in [6, 6.07) is 0.317. The molecule has 0 spiro atoms. The second-order valence-electron chi connectivity index (χ2n) is 9.81. The Morgan fingerprint density at radius 1 is 1.06 bits per heavy atom. The maximum Gasteiger partial charge on any atom is 0.222 e. The minimum Gasteiger partial charge on any atom is -0.328 e. The molecule has 0 aliphatic heterocycles. The van der Waals surface area contributed by atoms with E-state index in [9.17, 15) is 4.79 Å². The van der Waals surface area contributed by atoms with Crippen LogP contribution in [0.15, 0.2) is 27.8 Å². The van der Waals surface area contributed by atoms with E-state index in [1.54, 1.807) is 12.6 Å². The van der Waals surface area contributed by atoms with E-state index in [0.29, 0.717) is 17.8 Å². The molecule has 4 atom stereocenters. The number of hydrogen-bond acceptors (Lipinski definition) is 3. The average molecular weight is 448 g/mol.